The highest BCUT2D eigenvalue weighted by Crippen LogP contribution is 2.24. The summed E-state index contributed by atoms with van der Waals surface area (Å²) in [6, 6.07) is 6.12. The van der Waals surface area contributed by atoms with Crippen molar-refractivity contribution in [2.75, 3.05) is 13.7 Å². The van der Waals surface area contributed by atoms with E-state index in [0.29, 0.717) is 0 Å². The van der Waals surface area contributed by atoms with E-state index >= 15 is 0 Å². The van der Waals surface area contributed by atoms with Crippen LogP contribution in [0.2, 0.25) is 0 Å². The monoisotopic (exact) mass is 250 g/mol. The molecule has 0 amide bonds. The second-order valence-corrected chi connectivity index (χ2v) is 4.71. The van der Waals surface area contributed by atoms with Gasteiger partial charge in [-0.2, -0.15) is 9.98 Å². The van der Waals surface area contributed by atoms with E-state index < -0.39 is 10.0 Å². The van der Waals surface area contributed by atoms with Gasteiger partial charge in [-0.05, 0) is 12.1 Å². The maximum Gasteiger partial charge on any atom is 0.242 e. The maximum absolute atomic E-state index is 11.8. The first-order valence-corrected chi connectivity index (χ1v) is 6.05. The van der Waals surface area contributed by atoms with Crippen molar-refractivity contribution in [2.45, 2.75) is 4.90 Å². The number of sulfonamides is 1. The lowest BCUT2D eigenvalue weighted by Gasteiger charge is -2.08. The first kappa shape index (κ1) is 13.0. The number of terminal acetylenes is 1. The van der Waals surface area contributed by atoms with Crippen LogP contribution in [-0.2, 0) is 10.0 Å². The molecule has 0 radical (unpaired) electrons. The fourth-order valence-corrected chi connectivity index (χ4v) is 2.33. The lowest BCUT2D eigenvalue weighted by Crippen LogP contribution is -2.24. The molecular formula is C11H10N2O3S. The molecule has 0 fully saturated rings. The third-order valence-electron chi connectivity index (χ3n) is 1.97. The van der Waals surface area contributed by atoms with E-state index in [-0.39, 0.29) is 22.8 Å². The normalized spacial score (nSPS) is 10.3. The first-order valence-electron chi connectivity index (χ1n) is 4.57. The van der Waals surface area contributed by atoms with Crippen LogP contribution in [-0.4, -0.2) is 22.1 Å². The van der Waals surface area contributed by atoms with Crippen molar-refractivity contribution in [1.82, 2.24) is 4.72 Å². The Labute approximate surface area is 100 Å². The van der Waals surface area contributed by atoms with Crippen LogP contribution in [0.5, 0.6) is 5.75 Å². The van der Waals surface area contributed by atoms with Crippen molar-refractivity contribution in [3.05, 3.63) is 23.8 Å². The molecular weight excluding hydrogens is 240 g/mol. The summed E-state index contributed by atoms with van der Waals surface area (Å²) in [5, 5.41) is 8.96. The molecule has 88 valence electrons. The smallest absolute Gasteiger partial charge is 0.242 e. The lowest BCUT2D eigenvalue weighted by molar-refractivity contribution is 0.412. The van der Waals surface area contributed by atoms with Gasteiger partial charge in [0.25, 0.3) is 0 Å². The van der Waals surface area contributed by atoms with Gasteiger partial charge in [0.15, 0.2) is 0 Å². The Bertz CT molecular complexity index is 594. The van der Waals surface area contributed by atoms with Crippen LogP contribution in [0.1, 0.15) is 5.56 Å². The van der Waals surface area contributed by atoms with Gasteiger partial charge in [-0.1, -0.05) is 12.0 Å². The summed E-state index contributed by atoms with van der Waals surface area (Å²) in [5.41, 5.74) is -0.0421. The molecule has 17 heavy (non-hydrogen) atoms. The number of nitrogens with one attached hydrogen (secondary N) is 1. The fraction of sp³-hybridized carbons (Fsp3) is 0.182. The molecule has 0 unspecified atom stereocenters. The predicted molar refractivity (Wildman–Crippen MR) is 61.7 cm³/mol. The molecule has 1 aromatic rings. The van der Waals surface area contributed by atoms with Gasteiger partial charge < -0.3 is 4.74 Å². The number of hydrogen-bond acceptors (Lipinski definition) is 4. The predicted octanol–water partition coefficient (Wildman–Crippen LogP) is 0.478. The van der Waals surface area contributed by atoms with Crippen LogP contribution in [0.3, 0.4) is 0 Å². The minimum absolute atomic E-state index is 0.0421. The van der Waals surface area contributed by atoms with Crippen molar-refractivity contribution in [3.63, 3.8) is 0 Å². The van der Waals surface area contributed by atoms with Crippen LogP contribution in [0.4, 0.5) is 0 Å². The quantitative estimate of drug-likeness (QED) is 0.788. The number of methoxy groups -OCH3 is 1. The van der Waals surface area contributed by atoms with Crippen molar-refractivity contribution < 1.29 is 13.2 Å². The zero-order valence-corrected chi connectivity index (χ0v) is 9.91. The Morgan fingerprint density at radius 1 is 1.53 bits per heavy atom. The van der Waals surface area contributed by atoms with Gasteiger partial charge in [0.1, 0.15) is 22.3 Å². The summed E-state index contributed by atoms with van der Waals surface area (Å²) < 4.78 is 30.8. The number of hydrogen-bond donors (Lipinski definition) is 1. The van der Waals surface area contributed by atoms with E-state index in [4.69, 9.17) is 16.4 Å². The number of benzene rings is 1. The maximum atomic E-state index is 11.8. The molecule has 1 rings (SSSR count). The summed E-state index contributed by atoms with van der Waals surface area (Å²) in [6.45, 7) is -0.135. The zero-order chi connectivity index (χ0) is 12.9. The molecule has 6 heteroatoms. The Balaban J connectivity index is 3.34. The molecule has 0 bridgehead atoms. The van der Waals surface area contributed by atoms with Gasteiger partial charge in [0.2, 0.25) is 10.0 Å². The van der Waals surface area contributed by atoms with Crippen molar-refractivity contribution in [2.24, 2.45) is 0 Å². The number of nitrogens with zero attached hydrogens (tertiary/aromatic N) is 1. The van der Waals surface area contributed by atoms with E-state index in [1.165, 1.54) is 25.3 Å². The van der Waals surface area contributed by atoms with Crippen LogP contribution in [0.25, 0.3) is 0 Å². The van der Waals surface area contributed by atoms with Gasteiger partial charge in [0.05, 0.1) is 13.7 Å². The summed E-state index contributed by atoms with van der Waals surface area (Å²) in [4.78, 5) is -0.144. The van der Waals surface area contributed by atoms with Crippen LogP contribution >= 0.6 is 0 Å². The van der Waals surface area contributed by atoms with E-state index in [1.54, 1.807) is 6.07 Å². The van der Waals surface area contributed by atoms with Crippen molar-refractivity contribution in [3.8, 4) is 24.2 Å². The third-order valence-corrected chi connectivity index (χ3v) is 3.42. The summed E-state index contributed by atoms with van der Waals surface area (Å²) in [5.74, 6) is 2.36. The molecule has 0 saturated carbocycles. The van der Waals surface area contributed by atoms with Crippen LogP contribution in [0, 0.1) is 23.7 Å². The van der Waals surface area contributed by atoms with Crippen LogP contribution < -0.4 is 9.46 Å². The Morgan fingerprint density at radius 2 is 2.24 bits per heavy atom. The highest BCUT2D eigenvalue weighted by Gasteiger charge is 2.20. The molecule has 5 nitrogen and oxygen atoms in total. The molecule has 1 N–H and O–H groups in total. The minimum atomic E-state index is -3.79. The van der Waals surface area contributed by atoms with E-state index in [0.717, 1.165) is 0 Å². The van der Waals surface area contributed by atoms with Gasteiger partial charge >= 0.3 is 0 Å². The number of ether oxygens (including phenoxy) is 1. The third kappa shape index (κ3) is 2.76. The Morgan fingerprint density at radius 3 is 2.76 bits per heavy atom. The summed E-state index contributed by atoms with van der Waals surface area (Å²) >= 11 is 0. The van der Waals surface area contributed by atoms with Crippen LogP contribution in [0.15, 0.2) is 23.1 Å². The zero-order valence-electron chi connectivity index (χ0n) is 9.10. The summed E-state index contributed by atoms with van der Waals surface area (Å²) in [6.07, 6.45) is 4.97. The molecule has 0 atom stereocenters. The van der Waals surface area contributed by atoms with Crippen molar-refractivity contribution >= 4 is 10.0 Å². The first-order chi connectivity index (χ1) is 8.06. The molecule has 1 aromatic carbocycles. The minimum Gasteiger partial charge on any atom is -0.495 e. The second kappa shape index (κ2) is 5.35. The SMILES string of the molecule is C#CCNS(=O)(=O)c1cccc(OC)c1C#N. The Kier molecular flexibility index (Phi) is 4.11. The molecule has 0 aliphatic heterocycles. The molecule has 0 aromatic heterocycles. The van der Waals surface area contributed by atoms with E-state index in [9.17, 15) is 8.42 Å². The van der Waals surface area contributed by atoms with Crippen molar-refractivity contribution in [1.29, 1.82) is 5.26 Å². The fourth-order valence-electron chi connectivity index (χ4n) is 1.23. The highest BCUT2D eigenvalue weighted by atomic mass is 32.2. The lowest BCUT2D eigenvalue weighted by atomic mass is 10.2. The molecule has 0 aliphatic carbocycles. The average molecular weight is 250 g/mol. The largest absolute Gasteiger partial charge is 0.495 e. The molecule has 0 spiro atoms. The average Bonchev–Trinajstić information content (AvgIpc) is 2.35. The number of nitriles is 1. The Hall–Kier alpha value is -2.02. The second-order valence-electron chi connectivity index (χ2n) is 2.97. The number of rotatable bonds is 4. The van der Waals surface area contributed by atoms with E-state index in [1.807, 2.05) is 0 Å². The molecule has 0 heterocycles. The van der Waals surface area contributed by atoms with Gasteiger partial charge in [-0.3, -0.25) is 0 Å². The van der Waals surface area contributed by atoms with Gasteiger partial charge in [0, 0.05) is 0 Å². The molecule has 0 aliphatic rings. The highest BCUT2D eigenvalue weighted by molar-refractivity contribution is 7.89. The van der Waals surface area contributed by atoms with Gasteiger partial charge in [-0.25, -0.2) is 8.42 Å². The summed E-state index contributed by atoms with van der Waals surface area (Å²) in [7, 11) is -2.43. The van der Waals surface area contributed by atoms with E-state index in [2.05, 4.69) is 10.6 Å². The molecule has 0 saturated heterocycles. The standard InChI is InChI=1S/C11H10N2O3S/c1-3-7-13-17(14,15)11-6-4-5-10(16-2)9(11)8-12/h1,4-6,13H,7H2,2H3. The topological polar surface area (TPSA) is 79.2 Å². The van der Waals surface area contributed by atoms with Gasteiger partial charge in [-0.15, -0.1) is 6.42 Å².